The molecule has 2 aromatic rings. The fourth-order valence-electron chi connectivity index (χ4n) is 2.29. The highest BCUT2D eigenvalue weighted by atomic mass is 35.5. The SMILES string of the molecule is CCN(CC(=O)NCc1ccc(F)cc1)C(=O)C=Cc1cccc(Cl)c1Cl. The Morgan fingerprint density at radius 2 is 1.85 bits per heavy atom. The molecule has 0 spiro atoms. The van der Waals surface area contributed by atoms with E-state index in [-0.39, 0.29) is 30.7 Å². The molecule has 142 valence electrons. The molecule has 0 heterocycles. The van der Waals surface area contributed by atoms with Crippen LogP contribution < -0.4 is 5.32 Å². The van der Waals surface area contributed by atoms with Gasteiger partial charge in [0.1, 0.15) is 5.82 Å². The third-order valence-electron chi connectivity index (χ3n) is 3.82. The monoisotopic (exact) mass is 408 g/mol. The largest absolute Gasteiger partial charge is 0.350 e. The fraction of sp³-hybridized carbons (Fsp3) is 0.200. The molecule has 4 nitrogen and oxygen atoms in total. The lowest BCUT2D eigenvalue weighted by atomic mass is 10.2. The van der Waals surface area contributed by atoms with E-state index in [1.165, 1.54) is 23.1 Å². The zero-order valence-electron chi connectivity index (χ0n) is 14.7. The zero-order chi connectivity index (χ0) is 19.8. The van der Waals surface area contributed by atoms with E-state index in [1.807, 2.05) is 0 Å². The Morgan fingerprint density at radius 1 is 1.15 bits per heavy atom. The summed E-state index contributed by atoms with van der Waals surface area (Å²) in [6.07, 6.45) is 2.92. The molecule has 2 aromatic carbocycles. The van der Waals surface area contributed by atoms with Crippen molar-refractivity contribution < 1.29 is 14.0 Å². The number of hydrogen-bond donors (Lipinski definition) is 1. The Labute approximate surface area is 167 Å². The second kappa shape index (κ2) is 10.1. The molecule has 0 atom stereocenters. The smallest absolute Gasteiger partial charge is 0.247 e. The zero-order valence-corrected chi connectivity index (χ0v) is 16.2. The predicted molar refractivity (Wildman–Crippen MR) is 106 cm³/mol. The molecule has 2 amide bonds. The van der Waals surface area contributed by atoms with Crippen LogP contribution >= 0.6 is 23.2 Å². The van der Waals surface area contributed by atoms with Crippen LogP contribution in [0, 0.1) is 5.82 Å². The summed E-state index contributed by atoms with van der Waals surface area (Å²) in [6.45, 7) is 2.34. The summed E-state index contributed by atoms with van der Waals surface area (Å²) >= 11 is 12.0. The normalized spacial score (nSPS) is 10.8. The molecule has 27 heavy (non-hydrogen) atoms. The van der Waals surface area contributed by atoms with Gasteiger partial charge < -0.3 is 10.2 Å². The van der Waals surface area contributed by atoms with Gasteiger partial charge in [-0.25, -0.2) is 4.39 Å². The highest BCUT2D eigenvalue weighted by Gasteiger charge is 2.13. The predicted octanol–water partition coefficient (Wildman–Crippen LogP) is 4.31. The van der Waals surface area contributed by atoms with Crippen LogP contribution in [0.4, 0.5) is 4.39 Å². The first-order valence-electron chi connectivity index (χ1n) is 8.33. The summed E-state index contributed by atoms with van der Waals surface area (Å²) in [5, 5.41) is 3.48. The Balaban J connectivity index is 1.91. The molecule has 0 radical (unpaired) electrons. The van der Waals surface area contributed by atoms with Crippen LogP contribution in [0.1, 0.15) is 18.1 Å². The summed E-state index contributed by atoms with van der Waals surface area (Å²) in [7, 11) is 0. The van der Waals surface area contributed by atoms with Crippen LogP contribution in [0.2, 0.25) is 10.0 Å². The first kappa shape index (κ1) is 20.9. The van der Waals surface area contributed by atoms with Crippen molar-refractivity contribution in [2.24, 2.45) is 0 Å². The standard InChI is InChI=1S/C20H19Cl2FN2O2/c1-2-25(13-18(26)24-12-14-6-9-16(23)10-7-14)19(27)11-8-15-4-3-5-17(21)20(15)22/h3-11H,2,12-13H2,1H3,(H,24,26). The second-order valence-corrected chi connectivity index (χ2v) is 6.52. The lowest BCUT2D eigenvalue weighted by molar-refractivity contribution is -0.132. The van der Waals surface area contributed by atoms with Gasteiger partial charge in [0, 0.05) is 19.2 Å². The van der Waals surface area contributed by atoms with Gasteiger partial charge in [0.05, 0.1) is 16.6 Å². The number of hydrogen-bond acceptors (Lipinski definition) is 2. The Kier molecular flexibility index (Phi) is 7.82. The number of likely N-dealkylation sites (N-methyl/N-ethyl adjacent to an activating group) is 1. The van der Waals surface area contributed by atoms with Gasteiger partial charge in [-0.15, -0.1) is 0 Å². The lowest BCUT2D eigenvalue weighted by Gasteiger charge is -2.18. The number of halogens is 3. The van der Waals surface area contributed by atoms with E-state index in [4.69, 9.17) is 23.2 Å². The third-order valence-corrected chi connectivity index (χ3v) is 4.65. The molecule has 0 unspecified atom stereocenters. The first-order valence-corrected chi connectivity index (χ1v) is 9.08. The quantitative estimate of drug-likeness (QED) is 0.693. The maximum atomic E-state index is 12.9. The number of nitrogens with zero attached hydrogens (tertiary/aromatic N) is 1. The summed E-state index contributed by atoms with van der Waals surface area (Å²) in [6, 6.07) is 11.0. The average Bonchev–Trinajstić information content (AvgIpc) is 2.66. The van der Waals surface area contributed by atoms with E-state index in [0.29, 0.717) is 22.2 Å². The number of carbonyl (C=O) groups is 2. The molecule has 0 aliphatic heterocycles. The summed E-state index contributed by atoms with van der Waals surface area (Å²) in [4.78, 5) is 25.8. The van der Waals surface area contributed by atoms with Gasteiger partial charge in [-0.05, 0) is 42.3 Å². The molecule has 0 bridgehead atoms. The van der Waals surface area contributed by atoms with Crippen LogP contribution in [-0.4, -0.2) is 29.8 Å². The molecular weight excluding hydrogens is 390 g/mol. The van der Waals surface area contributed by atoms with Crippen molar-refractivity contribution in [1.82, 2.24) is 10.2 Å². The number of carbonyl (C=O) groups excluding carboxylic acids is 2. The Bertz CT molecular complexity index is 838. The molecule has 2 rings (SSSR count). The van der Waals surface area contributed by atoms with Crippen molar-refractivity contribution in [3.05, 3.63) is 75.5 Å². The highest BCUT2D eigenvalue weighted by molar-refractivity contribution is 6.42. The number of benzene rings is 2. The van der Waals surface area contributed by atoms with Gasteiger partial charge in [0.25, 0.3) is 0 Å². The molecule has 1 N–H and O–H groups in total. The highest BCUT2D eigenvalue weighted by Crippen LogP contribution is 2.26. The van der Waals surface area contributed by atoms with Gasteiger partial charge in [0.15, 0.2) is 0 Å². The maximum absolute atomic E-state index is 12.9. The topological polar surface area (TPSA) is 49.4 Å². The van der Waals surface area contributed by atoms with Crippen molar-refractivity contribution in [3.8, 4) is 0 Å². The van der Waals surface area contributed by atoms with E-state index in [0.717, 1.165) is 5.56 Å². The van der Waals surface area contributed by atoms with E-state index < -0.39 is 0 Å². The van der Waals surface area contributed by atoms with Crippen molar-refractivity contribution in [3.63, 3.8) is 0 Å². The fourth-order valence-corrected chi connectivity index (χ4v) is 2.66. The van der Waals surface area contributed by atoms with Crippen LogP contribution in [0.3, 0.4) is 0 Å². The van der Waals surface area contributed by atoms with Crippen molar-refractivity contribution in [2.75, 3.05) is 13.1 Å². The van der Waals surface area contributed by atoms with Crippen molar-refractivity contribution in [1.29, 1.82) is 0 Å². The minimum absolute atomic E-state index is 0.0792. The summed E-state index contributed by atoms with van der Waals surface area (Å²) in [5.74, 6) is -0.950. The maximum Gasteiger partial charge on any atom is 0.247 e. The van der Waals surface area contributed by atoms with Crippen molar-refractivity contribution in [2.45, 2.75) is 13.5 Å². The van der Waals surface area contributed by atoms with Gasteiger partial charge in [-0.2, -0.15) is 0 Å². The van der Waals surface area contributed by atoms with Gasteiger partial charge in [-0.3, -0.25) is 9.59 Å². The average molecular weight is 409 g/mol. The van der Waals surface area contributed by atoms with Gasteiger partial charge in [0.2, 0.25) is 11.8 Å². The Hall–Kier alpha value is -2.37. The van der Waals surface area contributed by atoms with Crippen molar-refractivity contribution >= 4 is 41.1 Å². The van der Waals surface area contributed by atoms with E-state index in [1.54, 1.807) is 43.3 Å². The summed E-state index contributed by atoms with van der Waals surface area (Å²) < 4.78 is 12.9. The minimum atomic E-state index is -0.334. The third kappa shape index (κ3) is 6.38. The van der Waals surface area contributed by atoms with E-state index in [9.17, 15) is 14.0 Å². The molecular formula is C20H19Cl2FN2O2. The van der Waals surface area contributed by atoms with Gasteiger partial charge >= 0.3 is 0 Å². The molecule has 0 aliphatic carbocycles. The van der Waals surface area contributed by atoms with Crippen LogP contribution in [0.25, 0.3) is 6.08 Å². The molecule has 0 aliphatic rings. The number of amides is 2. The van der Waals surface area contributed by atoms with Crippen LogP contribution in [0.15, 0.2) is 48.5 Å². The molecule has 0 saturated carbocycles. The first-order chi connectivity index (χ1) is 12.9. The second-order valence-electron chi connectivity index (χ2n) is 5.73. The lowest BCUT2D eigenvalue weighted by Crippen LogP contribution is -2.39. The van der Waals surface area contributed by atoms with E-state index in [2.05, 4.69) is 5.32 Å². The molecule has 7 heteroatoms. The molecule has 0 saturated heterocycles. The van der Waals surface area contributed by atoms with E-state index >= 15 is 0 Å². The molecule has 0 aromatic heterocycles. The van der Waals surface area contributed by atoms with Gasteiger partial charge in [-0.1, -0.05) is 47.5 Å². The molecule has 0 fully saturated rings. The summed E-state index contributed by atoms with van der Waals surface area (Å²) in [5.41, 5.74) is 1.39. The van der Waals surface area contributed by atoms with Crippen LogP contribution in [0.5, 0.6) is 0 Å². The minimum Gasteiger partial charge on any atom is -0.350 e. The van der Waals surface area contributed by atoms with Crippen LogP contribution in [-0.2, 0) is 16.1 Å². The number of nitrogens with one attached hydrogen (secondary N) is 1. The Morgan fingerprint density at radius 3 is 2.52 bits per heavy atom. The number of rotatable bonds is 7.